The smallest absolute Gasteiger partial charge is 0.264 e. The van der Waals surface area contributed by atoms with E-state index in [1.807, 2.05) is 42.5 Å². The zero-order valence-electron chi connectivity index (χ0n) is 27.8. The monoisotopic (exact) mass is 703 g/mol. The third-order valence-corrected chi connectivity index (χ3v) is 10.8. The highest BCUT2D eigenvalue weighted by atomic mass is 35.5. The molecule has 0 radical (unpaired) electrons. The van der Waals surface area contributed by atoms with Gasteiger partial charge in [0.25, 0.3) is 10.0 Å². The lowest BCUT2D eigenvalue weighted by molar-refractivity contribution is -0.140. The van der Waals surface area contributed by atoms with E-state index in [1.54, 1.807) is 49.6 Å². The molecule has 4 aromatic carbocycles. The summed E-state index contributed by atoms with van der Waals surface area (Å²) in [6.45, 7) is -0.555. The Kier molecular flexibility index (Phi) is 12.2. The fraction of sp³-hybridized carbons (Fsp3) is 0.316. The van der Waals surface area contributed by atoms with Crippen LogP contribution in [0.3, 0.4) is 0 Å². The molecule has 1 fully saturated rings. The fourth-order valence-corrected chi connectivity index (χ4v) is 7.80. The van der Waals surface area contributed by atoms with E-state index in [0.29, 0.717) is 11.5 Å². The zero-order valence-corrected chi connectivity index (χ0v) is 29.3. The van der Waals surface area contributed by atoms with Crippen LogP contribution >= 0.6 is 11.6 Å². The summed E-state index contributed by atoms with van der Waals surface area (Å²) in [5.41, 5.74) is 1.77. The standard InChI is InChI=1S/C38H42ClN3O6S/c1-47-32-18-12-15-29(23-32)26-41(35(24-28-13-6-3-7-14-28)38(44)40-30-16-8-4-9-17-30)37(43)27-42(31-21-22-36(48-2)34(39)25-31)49(45,46)33-19-10-5-11-20-33/h3,5-7,10-15,18-23,25,30,35H,4,8-9,16-17,24,26-27H2,1-2H3,(H,40,44)/t35-/m0/s1. The minimum absolute atomic E-state index is 0.00434. The van der Waals surface area contributed by atoms with Crippen LogP contribution in [-0.4, -0.2) is 58.0 Å². The highest BCUT2D eigenvalue weighted by Crippen LogP contribution is 2.32. The predicted molar refractivity (Wildman–Crippen MR) is 191 cm³/mol. The lowest BCUT2D eigenvalue weighted by atomic mass is 9.94. The van der Waals surface area contributed by atoms with Crippen LogP contribution in [0.4, 0.5) is 5.69 Å². The van der Waals surface area contributed by atoms with Gasteiger partial charge in [0.1, 0.15) is 24.1 Å². The van der Waals surface area contributed by atoms with Crippen LogP contribution in [0.5, 0.6) is 11.5 Å². The Bertz CT molecular complexity index is 1820. The number of carbonyl (C=O) groups is 2. The van der Waals surface area contributed by atoms with Gasteiger partial charge in [-0.15, -0.1) is 0 Å². The highest BCUT2D eigenvalue weighted by molar-refractivity contribution is 7.92. The first-order valence-corrected chi connectivity index (χ1v) is 18.2. The Balaban J connectivity index is 1.58. The predicted octanol–water partition coefficient (Wildman–Crippen LogP) is 6.64. The number of carbonyl (C=O) groups excluding carboxylic acids is 2. The van der Waals surface area contributed by atoms with Gasteiger partial charge >= 0.3 is 0 Å². The molecular weight excluding hydrogens is 662 g/mol. The molecule has 9 nitrogen and oxygen atoms in total. The van der Waals surface area contributed by atoms with Crippen molar-refractivity contribution < 1.29 is 27.5 Å². The van der Waals surface area contributed by atoms with Crippen LogP contribution in [-0.2, 0) is 32.6 Å². The maximum absolute atomic E-state index is 14.8. The first-order chi connectivity index (χ1) is 23.7. The average molecular weight is 704 g/mol. The third kappa shape index (κ3) is 9.13. The minimum atomic E-state index is -4.26. The molecular formula is C38H42ClN3O6S. The second kappa shape index (κ2) is 16.7. The van der Waals surface area contributed by atoms with E-state index in [-0.39, 0.29) is 40.5 Å². The summed E-state index contributed by atoms with van der Waals surface area (Å²) in [4.78, 5) is 30.5. The molecule has 11 heteroatoms. The summed E-state index contributed by atoms with van der Waals surface area (Å²) >= 11 is 6.47. The normalized spacial score (nSPS) is 14.0. The summed E-state index contributed by atoms with van der Waals surface area (Å²) < 4.78 is 40.3. The van der Waals surface area contributed by atoms with E-state index < -0.39 is 28.5 Å². The molecule has 1 N–H and O–H groups in total. The van der Waals surface area contributed by atoms with Gasteiger partial charge in [-0.1, -0.05) is 91.5 Å². The second-order valence-electron chi connectivity index (χ2n) is 12.1. The molecule has 1 atom stereocenters. The summed E-state index contributed by atoms with van der Waals surface area (Å²) in [6, 6.07) is 28.3. The number of nitrogens with zero attached hydrogens (tertiary/aromatic N) is 2. The molecule has 0 unspecified atom stereocenters. The van der Waals surface area contributed by atoms with Crippen molar-refractivity contribution in [3.8, 4) is 11.5 Å². The van der Waals surface area contributed by atoms with E-state index in [2.05, 4.69) is 5.32 Å². The first-order valence-electron chi connectivity index (χ1n) is 16.4. The van der Waals surface area contributed by atoms with Gasteiger partial charge in [0.15, 0.2) is 0 Å². The largest absolute Gasteiger partial charge is 0.497 e. The van der Waals surface area contributed by atoms with Crippen molar-refractivity contribution in [1.29, 1.82) is 0 Å². The number of benzene rings is 4. The van der Waals surface area contributed by atoms with Gasteiger partial charge in [0.2, 0.25) is 11.8 Å². The Morgan fingerprint density at radius 2 is 1.51 bits per heavy atom. The number of hydrogen-bond donors (Lipinski definition) is 1. The maximum Gasteiger partial charge on any atom is 0.264 e. The fourth-order valence-electron chi connectivity index (χ4n) is 6.12. The molecule has 0 aromatic heterocycles. The Morgan fingerprint density at radius 1 is 0.837 bits per heavy atom. The van der Waals surface area contributed by atoms with E-state index in [9.17, 15) is 18.0 Å². The Labute approximate surface area is 293 Å². The minimum Gasteiger partial charge on any atom is -0.497 e. The van der Waals surface area contributed by atoms with Crippen molar-refractivity contribution in [3.63, 3.8) is 0 Å². The second-order valence-corrected chi connectivity index (χ2v) is 14.3. The van der Waals surface area contributed by atoms with Gasteiger partial charge in [0.05, 0.1) is 29.8 Å². The van der Waals surface area contributed by atoms with E-state index >= 15 is 0 Å². The number of amides is 2. The van der Waals surface area contributed by atoms with Crippen LogP contribution in [0.25, 0.3) is 0 Å². The number of halogens is 1. The first kappa shape index (κ1) is 35.8. The summed E-state index contributed by atoms with van der Waals surface area (Å²) in [5.74, 6) is 0.110. The summed E-state index contributed by atoms with van der Waals surface area (Å²) in [5, 5.41) is 3.41. The van der Waals surface area contributed by atoms with Crippen LogP contribution in [0.2, 0.25) is 5.02 Å². The van der Waals surface area contributed by atoms with Crippen molar-refractivity contribution in [3.05, 3.63) is 119 Å². The molecule has 258 valence electrons. The van der Waals surface area contributed by atoms with E-state index in [4.69, 9.17) is 21.1 Å². The quantitative estimate of drug-likeness (QED) is 0.158. The highest BCUT2D eigenvalue weighted by Gasteiger charge is 2.35. The van der Waals surface area contributed by atoms with Crippen molar-refractivity contribution in [2.24, 2.45) is 0 Å². The number of ether oxygens (including phenoxy) is 2. The van der Waals surface area contributed by atoms with Crippen LogP contribution in [0, 0.1) is 0 Å². The Morgan fingerprint density at radius 3 is 2.16 bits per heavy atom. The van der Waals surface area contributed by atoms with Crippen LogP contribution in [0.15, 0.2) is 108 Å². The van der Waals surface area contributed by atoms with Gasteiger partial charge < -0.3 is 19.7 Å². The van der Waals surface area contributed by atoms with Gasteiger partial charge in [-0.2, -0.15) is 0 Å². The Hall–Kier alpha value is -4.54. The van der Waals surface area contributed by atoms with E-state index in [0.717, 1.165) is 47.5 Å². The summed E-state index contributed by atoms with van der Waals surface area (Å²) in [6.07, 6.45) is 5.15. The lowest BCUT2D eigenvalue weighted by Gasteiger charge is -2.35. The van der Waals surface area contributed by atoms with Gasteiger partial charge in [0, 0.05) is 19.0 Å². The van der Waals surface area contributed by atoms with Crippen molar-refractivity contribution in [1.82, 2.24) is 10.2 Å². The maximum atomic E-state index is 14.8. The number of nitrogens with one attached hydrogen (secondary N) is 1. The topological polar surface area (TPSA) is 105 Å². The number of rotatable bonds is 14. The SMILES string of the molecule is COc1cccc(CN(C(=O)CN(c2ccc(OC)c(Cl)c2)S(=O)(=O)c2ccccc2)[C@@H](Cc2ccccc2)C(=O)NC2CCCCC2)c1. The third-order valence-electron chi connectivity index (χ3n) is 8.74. The molecule has 5 rings (SSSR count). The number of methoxy groups -OCH3 is 2. The van der Waals surface area contributed by atoms with Crippen molar-refractivity contribution >= 4 is 39.1 Å². The zero-order chi connectivity index (χ0) is 34.8. The van der Waals surface area contributed by atoms with Gasteiger partial charge in [-0.05, 0) is 66.4 Å². The molecule has 0 saturated heterocycles. The summed E-state index contributed by atoms with van der Waals surface area (Å²) in [7, 11) is -1.24. The van der Waals surface area contributed by atoms with Crippen LogP contribution < -0.4 is 19.1 Å². The van der Waals surface area contributed by atoms with Crippen molar-refractivity contribution in [2.75, 3.05) is 25.1 Å². The van der Waals surface area contributed by atoms with Gasteiger partial charge in [-0.25, -0.2) is 8.42 Å². The molecule has 0 aliphatic heterocycles. The molecule has 1 aliphatic rings. The molecule has 2 amide bonds. The molecule has 4 aromatic rings. The molecule has 1 saturated carbocycles. The number of hydrogen-bond acceptors (Lipinski definition) is 6. The van der Waals surface area contributed by atoms with Crippen molar-refractivity contribution in [2.45, 2.75) is 62.0 Å². The molecule has 0 bridgehead atoms. The molecule has 1 aliphatic carbocycles. The van der Waals surface area contributed by atoms with Crippen LogP contribution in [0.1, 0.15) is 43.2 Å². The van der Waals surface area contributed by atoms with Gasteiger partial charge in [-0.3, -0.25) is 13.9 Å². The lowest BCUT2D eigenvalue weighted by Crippen LogP contribution is -2.55. The van der Waals surface area contributed by atoms with E-state index in [1.165, 1.54) is 30.2 Å². The molecule has 49 heavy (non-hydrogen) atoms. The average Bonchev–Trinajstić information content (AvgIpc) is 3.13. The molecule has 0 heterocycles. The number of sulfonamides is 1. The number of anilines is 1. The molecule has 0 spiro atoms.